The van der Waals surface area contributed by atoms with Crippen molar-refractivity contribution in [3.05, 3.63) is 33.4 Å². The Bertz CT molecular complexity index is 793. The molecule has 0 atom stereocenters. The van der Waals surface area contributed by atoms with E-state index in [2.05, 4.69) is 41.5 Å². The summed E-state index contributed by atoms with van der Waals surface area (Å²) in [5.74, 6) is 0. The van der Waals surface area contributed by atoms with Crippen LogP contribution in [0.1, 0.15) is 274 Å². The van der Waals surface area contributed by atoms with Crippen molar-refractivity contribution in [2.45, 2.75) is 279 Å². The summed E-state index contributed by atoms with van der Waals surface area (Å²) < 4.78 is 0. The van der Waals surface area contributed by atoms with Crippen molar-refractivity contribution in [2.75, 3.05) is 0 Å². The van der Waals surface area contributed by atoms with Gasteiger partial charge in [-0.25, -0.2) is 0 Å². The molecule has 0 unspecified atom stereocenters. The summed E-state index contributed by atoms with van der Waals surface area (Å²) in [5.41, 5.74) is 11.4. The Morgan fingerprint density at radius 1 is 0.163 bits per heavy atom. The molecule has 0 radical (unpaired) electrons. The Labute approximate surface area is 311 Å². The molecule has 1 aromatic carbocycles. The van der Waals surface area contributed by atoms with Gasteiger partial charge in [-0.1, -0.05) is 202 Å². The van der Waals surface area contributed by atoms with Gasteiger partial charge in [0.05, 0.1) is 0 Å². The van der Waals surface area contributed by atoms with Crippen molar-refractivity contribution in [3.63, 3.8) is 0 Å². The minimum atomic E-state index is 1.35. The predicted octanol–water partition coefficient (Wildman–Crippen LogP) is 17.2. The summed E-state index contributed by atoms with van der Waals surface area (Å²) in [6.45, 7) is 14.2. The van der Waals surface area contributed by atoms with Crippen LogP contribution in [-0.2, 0) is 38.5 Å². The van der Waals surface area contributed by atoms with Crippen molar-refractivity contribution in [1.29, 1.82) is 0 Å². The summed E-state index contributed by atoms with van der Waals surface area (Å²) in [4.78, 5) is 0. The molecule has 0 bridgehead atoms. The van der Waals surface area contributed by atoms with E-state index in [0.29, 0.717) is 0 Å². The van der Waals surface area contributed by atoms with Gasteiger partial charge < -0.3 is 0 Å². The lowest BCUT2D eigenvalue weighted by atomic mass is 9.77. The molecule has 1 rings (SSSR count). The number of rotatable bonds is 37. The number of benzene rings is 1. The maximum Gasteiger partial charge on any atom is -0.0273 e. The second kappa shape index (κ2) is 34.3. The fourth-order valence-corrected chi connectivity index (χ4v) is 8.51. The molecule has 0 aliphatic rings. The van der Waals surface area contributed by atoms with Crippen LogP contribution in [0.5, 0.6) is 0 Å². The minimum absolute atomic E-state index is 1.35. The Hall–Kier alpha value is -0.780. The lowest BCUT2D eigenvalue weighted by Gasteiger charge is -2.28. The molecule has 288 valence electrons. The van der Waals surface area contributed by atoms with Crippen LogP contribution in [-0.4, -0.2) is 0 Å². The van der Waals surface area contributed by atoms with Gasteiger partial charge in [-0.2, -0.15) is 0 Å². The Balaban J connectivity index is 3.73. The quantitative estimate of drug-likeness (QED) is 0.0614. The van der Waals surface area contributed by atoms with E-state index in [-0.39, 0.29) is 0 Å². The standard InChI is InChI=1S/C49H92/c1-7-13-19-25-31-37-43-49-47(41-35-29-23-17-11-5)45(39-33-27-21-15-9-3)44(38-32-26-20-14-8-2)46(40-34-28-22-16-10-4)48(49)42-36-30-24-18-12-6/h7-43H2,1-6H3. The highest BCUT2D eigenvalue weighted by Gasteiger charge is 2.23. The van der Waals surface area contributed by atoms with Gasteiger partial charge >= 0.3 is 0 Å². The molecule has 0 saturated carbocycles. The molecule has 0 saturated heterocycles. The normalized spacial score (nSPS) is 11.6. The third-order valence-corrected chi connectivity index (χ3v) is 11.6. The maximum atomic E-state index is 2.37. The smallest absolute Gasteiger partial charge is 0.0273 e. The van der Waals surface area contributed by atoms with Gasteiger partial charge in [-0.3, -0.25) is 0 Å². The molecule has 0 amide bonds. The summed E-state index contributed by atoms with van der Waals surface area (Å²) >= 11 is 0. The molecular weight excluding hydrogens is 589 g/mol. The number of unbranched alkanes of at least 4 members (excludes halogenated alkanes) is 25. The Morgan fingerprint density at radius 3 is 0.429 bits per heavy atom. The molecule has 0 aromatic heterocycles. The predicted molar refractivity (Wildman–Crippen MR) is 226 cm³/mol. The molecule has 0 heterocycles. The third-order valence-electron chi connectivity index (χ3n) is 11.6. The van der Waals surface area contributed by atoms with Gasteiger partial charge in [0.15, 0.2) is 0 Å². The first-order valence-corrected chi connectivity index (χ1v) is 23.4. The molecule has 0 nitrogen and oxygen atoms in total. The maximum absolute atomic E-state index is 2.37. The SMILES string of the molecule is CCCCCCCCc1c(CCCCCCC)c(CCCCCCC)c(CCCCCCC)c(CCCCCCC)c1CCCCCCC. The van der Waals surface area contributed by atoms with Crippen LogP contribution >= 0.6 is 0 Å². The third kappa shape index (κ3) is 22.0. The average molecular weight is 681 g/mol. The van der Waals surface area contributed by atoms with Gasteiger partial charge in [0.1, 0.15) is 0 Å². The van der Waals surface area contributed by atoms with Crippen LogP contribution in [0.2, 0.25) is 0 Å². The molecule has 0 N–H and O–H groups in total. The van der Waals surface area contributed by atoms with Crippen LogP contribution in [0.15, 0.2) is 0 Å². The first-order valence-electron chi connectivity index (χ1n) is 23.4. The van der Waals surface area contributed by atoms with E-state index in [1.807, 2.05) is 33.4 Å². The molecule has 0 fully saturated rings. The van der Waals surface area contributed by atoms with E-state index in [9.17, 15) is 0 Å². The van der Waals surface area contributed by atoms with Crippen LogP contribution in [0.3, 0.4) is 0 Å². The summed E-state index contributed by atoms with van der Waals surface area (Å²) in [6, 6.07) is 0. The highest BCUT2D eigenvalue weighted by atomic mass is 14.3. The van der Waals surface area contributed by atoms with Gasteiger partial charge in [-0.05, 0) is 110 Å². The minimum Gasteiger partial charge on any atom is -0.0654 e. The number of hydrogen-bond acceptors (Lipinski definition) is 0. The zero-order valence-electron chi connectivity index (χ0n) is 35.2. The fourth-order valence-electron chi connectivity index (χ4n) is 8.51. The van der Waals surface area contributed by atoms with E-state index < -0.39 is 0 Å². The highest BCUT2D eigenvalue weighted by molar-refractivity contribution is 5.53. The van der Waals surface area contributed by atoms with Gasteiger partial charge in [-0.15, -0.1) is 0 Å². The second-order valence-corrected chi connectivity index (χ2v) is 16.2. The average Bonchev–Trinajstić information content (AvgIpc) is 3.11. The van der Waals surface area contributed by atoms with Crippen molar-refractivity contribution in [3.8, 4) is 0 Å². The zero-order chi connectivity index (χ0) is 35.6. The monoisotopic (exact) mass is 681 g/mol. The summed E-state index contributed by atoms with van der Waals surface area (Å²) in [5, 5.41) is 0. The van der Waals surface area contributed by atoms with Gasteiger partial charge in [0.25, 0.3) is 0 Å². The van der Waals surface area contributed by atoms with Crippen LogP contribution in [0, 0.1) is 0 Å². The van der Waals surface area contributed by atoms with Gasteiger partial charge in [0, 0.05) is 0 Å². The van der Waals surface area contributed by atoms with Crippen LogP contribution in [0.4, 0.5) is 0 Å². The van der Waals surface area contributed by atoms with Crippen molar-refractivity contribution < 1.29 is 0 Å². The Kier molecular flexibility index (Phi) is 32.4. The first kappa shape index (κ1) is 46.2. The summed E-state index contributed by atoms with van der Waals surface area (Å²) in [6.07, 6.45) is 51.9. The lowest BCUT2D eigenvalue weighted by molar-refractivity contribution is 0.587. The highest BCUT2D eigenvalue weighted by Crippen LogP contribution is 2.36. The molecule has 0 aliphatic carbocycles. The molecule has 49 heavy (non-hydrogen) atoms. The Morgan fingerprint density at radius 2 is 0.286 bits per heavy atom. The molecule has 0 spiro atoms. The van der Waals surface area contributed by atoms with E-state index in [1.165, 1.54) is 238 Å². The van der Waals surface area contributed by atoms with Gasteiger partial charge in [0.2, 0.25) is 0 Å². The summed E-state index contributed by atoms with van der Waals surface area (Å²) in [7, 11) is 0. The first-order chi connectivity index (χ1) is 24.2. The molecule has 0 aliphatic heterocycles. The molecular formula is C49H92. The molecule has 0 heteroatoms. The molecule has 1 aromatic rings. The van der Waals surface area contributed by atoms with E-state index in [4.69, 9.17) is 0 Å². The van der Waals surface area contributed by atoms with Crippen LogP contribution < -0.4 is 0 Å². The van der Waals surface area contributed by atoms with Crippen LogP contribution in [0.25, 0.3) is 0 Å². The van der Waals surface area contributed by atoms with Crippen molar-refractivity contribution in [1.82, 2.24) is 0 Å². The van der Waals surface area contributed by atoms with E-state index >= 15 is 0 Å². The fraction of sp³-hybridized carbons (Fsp3) is 0.878. The van der Waals surface area contributed by atoms with Crippen molar-refractivity contribution in [2.24, 2.45) is 0 Å². The zero-order valence-corrected chi connectivity index (χ0v) is 35.2. The largest absolute Gasteiger partial charge is 0.0654 e. The van der Waals surface area contributed by atoms with E-state index in [0.717, 1.165) is 0 Å². The number of hydrogen-bond donors (Lipinski definition) is 0. The second-order valence-electron chi connectivity index (χ2n) is 16.2. The van der Waals surface area contributed by atoms with Crippen molar-refractivity contribution >= 4 is 0 Å². The van der Waals surface area contributed by atoms with E-state index in [1.54, 1.807) is 0 Å². The lowest BCUT2D eigenvalue weighted by Crippen LogP contribution is -2.15. The topological polar surface area (TPSA) is 0 Å².